The fourth-order valence-corrected chi connectivity index (χ4v) is 5.41. The molecule has 7 nitrogen and oxygen atoms in total. The molecule has 1 saturated carbocycles. The van der Waals surface area contributed by atoms with E-state index in [0.717, 1.165) is 31.2 Å². The average Bonchev–Trinajstić information content (AvgIpc) is 3.50. The average molecular weight is 411 g/mol. The van der Waals surface area contributed by atoms with Crippen molar-refractivity contribution in [2.24, 2.45) is 17.8 Å². The summed E-state index contributed by atoms with van der Waals surface area (Å²) in [5.41, 5.74) is 0.109. The van der Waals surface area contributed by atoms with Crippen molar-refractivity contribution in [2.45, 2.75) is 43.9 Å². The lowest BCUT2D eigenvalue weighted by Crippen LogP contribution is -2.39. The van der Waals surface area contributed by atoms with Crippen molar-refractivity contribution < 1.29 is 28.6 Å². The number of carbonyl (C=O) groups is 3. The molecule has 3 aliphatic heterocycles. The van der Waals surface area contributed by atoms with E-state index in [4.69, 9.17) is 14.2 Å². The van der Waals surface area contributed by atoms with Crippen LogP contribution < -0.4 is 4.74 Å². The van der Waals surface area contributed by atoms with Gasteiger partial charge >= 0.3 is 11.9 Å². The monoisotopic (exact) mass is 411 g/mol. The Morgan fingerprint density at radius 3 is 2.80 bits per heavy atom. The summed E-state index contributed by atoms with van der Waals surface area (Å²) in [6, 6.07) is 7.29. The van der Waals surface area contributed by atoms with E-state index in [-0.39, 0.29) is 17.8 Å². The zero-order valence-corrected chi connectivity index (χ0v) is 16.9. The standard InChI is InChI=1S/C23H25NO6/c1-28-22(27)18-17-9-10-23(30-17)13-24(20(25)19(18)23)12-14-5-4-8-16(11-14)29-21(26)15-6-2-3-7-15/h4-5,8-11,15,17-19H,2-3,6-7,12-13H2,1H3/t17-,18+,19+,23+/m1/s1. The Bertz CT molecular complexity index is 920. The van der Waals surface area contributed by atoms with Crippen molar-refractivity contribution >= 4 is 17.8 Å². The van der Waals surface area contributed by atoms with Crippen molar-refractivity contribution in [1.82, 2.24) is 4.90 Å². The third-order valence-corrected chi connectivity index (χ3v) is 6.83. The number of hydrogen-bond donors (Lipinski definition) is 0. The van der Waals surface area contributed by atoms with E-state index in [1.165, 1.54) is 7.11 Å². The van der Waals surface area contributed by atoms with E-state index in [2.05, 4.69) is 0 Å². The summed E-state index contributed by atoms with van der Waals surface area (Å²) in [5, 5.41) is 0. The Labute approximate surface area is 175 Å². The number of fused-ring (bicyclic) bond motifs is 1. The molecular formula is C23H25NO6. The maximum absolute atomic E-state index is 13.2. The summed E-state index contributed by atoms with van der Waals surface area (Å²) in [7, 11) is 1.33. The van der Waals surface area contributed by atoms with Gasteiger partial charge < -0.3 is 19.1 Å². The van der Waals surface area contributed by atoms with Crippen LogP contribution in [0.5, 0.6) is 5.75 Å². The van der Waals surface area contributed by atoms with Crippen LogP contribution in [0.4, 0.5) is 0 Å². The van der Waals surface area contributed by atoms with Gasteiger partial charge in [0, 0.05) is 6.54 Å². The third-order valence-electron chi connectivity index (χ3n) is 6.83. The van der Waals surface area contributed by atoms with Crippen LogP contribution in [0, 0.1) is 17.8 Å². The van der Waals surface area contributed by atoms with Crippen LogP contribution in [-0.2, 0) is 30.4 Å². The number of nitrogens with zero attached hydrogens (tertiary/aromatic N) is 1. The highest BCUT2D eigenvalue weighted by atomic mass is 16.5. The lowest BCUT2D eigenvalue weighted by molar-refractivity contribution is -0.151. The van der Waals surface area contributed by atoms with Crippen molar-refractivity contribution in [1.29, 1.82) is 0 Å². The molecule has 3 heterocycles. The summed E-state index contributed by atoms with van der Waals surface area (Å²) in [4.78, 5) is 39.4. The number of likely N-dealkylation sites (tertiary alicyclic amines) is 1. The smallest absolute Gasteiger partial charge is 0.314 e. The summed E-state index contributed by atoms with van der Waals surface area (Å²) in [6.07, 6.45) is 7.30. The van der Waals surface area contributed by atoms with Crippen LogP contribution in [0.15, 0.2) is 36.4 Å². The Hall–Kier alpha value is -2.67. The van der Waals surface area contributed by atoms with Crippen molar-refractivity contribution in [3.63, 3.8) is 0 Å². The van der Waals surface area contributed by atoms with Crippen molar-refractivity contribution in [3.05, 3.63) is 42.0 Å². The predicted octanol–water partition coefficient (Wildman–Crippen LogP) is 2.24. The van der Waals surface area contributed by atoms with Gasteiger partial charge in [-0.05, 0) is 30.5 Å². The molecule has 0 aromatic heterocycles. The number of ether oxygens (including phenoxy) is 3. The first-order valence-corrected chi connectivity index (χ1v) is 10.6. The number of hydrogen-bond acceptors (Lipinski definition) is 6. The van der Waals surface area contributed by atoms with Crippen LogP contribution >= 0.6 is 0 Å². The van der Waals surface area contributed by atoms with Crippen LogP contribution in [-0.4, -0.2) is 48.1 Å². The fraction of sp³-hybridized carbons (Fsp3) is 0.522. The molecule has 2 saturated heterocycles. The summed E-state index contributed by atoms with van der Waals surface area (Å²) in [6.45, 7) is 0.755. The molecule has 5 rings (SSSR count). The van der Waals surface area contributed by atoms with Gasteiger partial charge in [0.25, 0.3) is 0 Å². The molecule has 0 N–H and O–H groups in total. The van der Waals surface area contributed by atoms with Gasteiger partial charge in [-0.15, -0.1) is 0 Å². The van der Waals surface area contributed by atoms with Crippen molar-refractivity contribution in [2.75, 3.05) is 13.7 Å². The lowest BCUT2D eigenvalue weighted by atomic mass is 9.77. The minimum atomic E-state index is -0.757. The van der Waals surface area contributed by atoms with E-state index in [9.17, 15) is 14.4 Å². The summed E-state index contributed by atoms with van der Waals surface area (Å²) < 4.78 is 16.5. The predicted molar refractivity (Wildman–Crippen MR) is 105 cm³/mol. The highest BCUT2D eigenvalue weighted by Crippen LogP contribution is 2.52. The van der Waals surface area contributed by atoms with Crippen LogP contribution in [0.25, 0.3) is 0 Å². The summed E-state index contributed by atoms with van der Waals surface area (Å²) >= 11 is 0. The van der Waals surface area contributed by atoms with Gasteiger partial charge in [0.15, 0.2) is 0 Å². The summed E-state index contributed by atoms with van der Waals surface area (Å²) in [5.74, 6) is -1.36. The normalized spacial score (nSPS) is 32.0. The molecule has 1 aromatic carbocycles. The Morgan fingerprint density at radius 1 is 1.23 bits per heavy atom. The molecule has 2 bridgehead atoms. The fourth-order valence-electron chi connectivity index (χ4n) is 5.41. The van der Waals surface area contributed by atoms with Gasteiger partial charge in [-0.25, -0.2) is 0 Å². The zero-order valence-electron chi connectivity index (χ0n) is 16.9. The molecule has 4 atom stereocenters. The Balaban J connectivity index is 1.30. The number of carbonyl (C=O) groups excluding carboxylic acids is 3. The minimum absolute atomic E-state index is 0.0122. The number of benzene rings is 1. The molecule has 4 aliphatic rings. The van der Waals surface area contributed by atoms with Crippen LogP contribution in [0.3, 0.4) is 0 Å². The maximum Gasteiger partial charge on any atom is 0.314 e. The van der Waals surface area contributed by atoms with Crippen LogP contribution in [0.2, 0.25) is 0 Å². The first-order valence-electron chi connectivity index (χ1n) is 10.6. The molecule has 30 heavy (non-hydrogen) atoms. The molecule has 7 heteroatoms. The molecule has 1 spiro atoms. The highest BCUT2D eigenvalue weighted by Gasteiger charge is 2.67. The molecule has 1 amide bonds. The molecule has 1 aromatic rings. The highest BCUT2D eigenvalue weighted by molar-refractivity contribution is 5.91. The second-order valence-electron chi connectivity index (χ2n) is 8.67. The van der Waals surface area contributed by atoms with Gasteiger partial charge in [-0.1, -0.05) is 37.1 Å². The van der Waals surface area contributed by atoms with E-state index < -0.39 is 29.5 Å². The molecule has 0 unspecified atom stereocenters. The Morgan fingerprint density at radius 2 is 2.03 bits per heavy atom. The first-order chi connectivity index (χ1) is 14.5. The van der Waals surface area contributed by atoms with E-state index >= 15 is 0 Å². The number of methoxy groups -OCH3 is 1. The van der Waals surface area contributed by atoms with Gasteiger partial charge in [0.2, 0.25) is 5.91 Å². The number of rotatable bonds is 5. The number of amides is 1. The number of esters is 2. The van der Waals surface area contributed by atoms with E-state index in [1.54, 1.807) is 17.0 Å². The third kappa shape index (κ3) is 3.03. The zero-order chi connectivity index (χ0) is 20.9. The second kappa shape index (κ2) is 7.23. The van der Waals surface area contributed by atoms with Crippen LogP contribution in [0.1, 0.15) is 31.2 Å². The topological polar surface area (TPSA) is 82.1 Å². The lowest BCUT2D eigenvalue weighted by Gasteiger charge is -2.22. The van der Waals surface area contributed by atoms with Crippen molar-refractivity contribution in [3.8, 4) is 5.75 Å². The van der Waals surface area contributed by atoms with Gasteiger partial charge in [-0.2, -0.15) is 0 Å². The largest absolute Gasteiger partial charge is 0.469 e. The molecule has 0 radical (unpaired) electrons. The van der Waals surface area contributed by atoms with Gasteiger partial charge in [0.05, 0.1) is 31.6 Å². The maximum atomic E-state index is 13.2. The van der Waals surface area contributed by atoms with Gasteiger partial charge in [0.1, 0.15) is 17.3 Å². The van der Waals surface area contributed by atoms with Gasteiger partial charge in [-0.3, -0.25) is 14.4 Å². The SMILES string of the molecule is COC(=O)[C@@H]1[C@H]2C(=O)N(Cc3cccc(OC(=O)C4CCCC4)c3)C[C@@]23C=C[C@H]1O3. The first kappa shape index (κ1) is 19.3. The second-order valence-corrected chi connectivity index (χ2v) is 8.67. The molecule has 3 fully saturated rings. The minimum Gasteiger partial charge on any atom is -0.469 e. The van der Waals surface area contributed by atoms with E-state index in [1.807, 2.05) is 24.3 Å². The Kier molecular flexibility index (Phi) is 4.65. The quantitative estimate of drug-likeness (QED) is 0.420. The van der Waals surface area contributed by atoms with E-state index in [0.29, 0.717) is 18.8 Å². The molecule has 158 valence electrons. The molecule has 1 aliphatic carbocycles. The molecular weight excluding hydrogens is 386 g/mol.